The first-order valence-electron chi connectivity index (χ1n) is 6.07. The van der Waals surface area contributed by atoms with Gasteiger partial charge in [0.1, 0.15) is 9.50 Å². The minimum Gasteiger partial charge on any atom is -0.354 e. The molecular weight excluding hydrogens is 360 g/mol. The van der Waals surface area contributed by atoms with Gasteiger partial charge in [-0.15, -0.1) is 0 Å². The SMILES string of the molecule is CCCNc1ncc(S(=O)(=O)Nc2cnc(Br)cn2)cn1. The first kappa shape index (κ1) is 15.6. The monoisotopic (exact) mass is 372 g/mol. The molecule has 0 saturated heterocycles. The second-order valence-corrected chi connectivity index (χ2v) is 6.49. The summed E-state index contributed by atoms with van der Waals surface area (Å²) < 4.78 is 27.1. The van der Waals surface area contributed by atoms with E-state index in [1.54, 1.807) is 0 Å². The highest BCUT2D eigenvalue weighted by molar-refractivity contribution is 9.10. The maximum absolute atomic E-state index is 12.1. The Morgan fingerprint density at radius 1 is 1.10 bits per heavy atom. The predicted octanol–water partition coefficient (Wildman–Crippen LogP) is 1.65. The van der Waals surface area contributed by atoms with Gasteiger partial charge in [0.05, 0.1) is 24.8 Å². The average Bonchev–Trinajstić information content (AvgIpc) is 2.48. The Balaban J connectivity index is 2.13. The summed E-state index contributed by atoms with van der Waals surface area (Å²) in [6.07, 6.45) is 6.10. The number of rotatable bonds is 6. The van der Waals surface area contributed by atoms with Gasteiger partial charge in [-0.2, -0.15) is 0 Å². The molecule has 8 nitrogen and oxygen atoms in total. The van der Waals surface area contributed by atoms with Crippen molar-refractivity contribution in [2.75, 3.05) is 16.6 Å². The van der Waals surface area contributed by atoms with Crippen LogP contribution >= 0.6 is 15.9 Å². The topological polar surface area (TPSA) is 110 Å². The Labute approximate surface area is 130 Å². The summed E-state index contributed by atoms with van der Waals surface area (Å²) in [5, 5.41) is 2.96. The maximum atomic E-state index is 12.1. The zero-order chi connectivity index (χ0) is 15.3. The van der Waals surface area contributed by atoms with Crippen molar-refractivity contribution < 1.29 is 8.42 Å². The van der Waals surface area contributed by atoms with E-state index in [0.717, 1.165) is 13.0 Å². The Morgan fingerprint density at radius 3 is 2.38 bits per heavy atom. The minimum absolute atomic E-state index is 0.0470. The summed E-state index contributed by atoms with van der Waals surface area (Å²) in [7, 11) is -3.78. The van der Waals surface area contributed by atoms with E-state index < -0.39 is 10.0 Å². The molecule has 0 aliphatic carbocycles. The summed E-state index contributed by atoms with van der Waals surface area (Å²) in [5.41, 5.74) is 0. The summed E-state index contributed by atoms with van der Waals surface area (Å²) in [5.74, 6) is 0.505. The van der Waals surface area contributed by atoms with Crippen molar-refractivity contribution in [2.45, 2.75) is 18.2 Å². The standard InChI is InChI=1S/C11H13BrN6O2S/c1-2-3-13-11-16-4-8(5-17-11)21(19,20)18-10-7-14-9(12)6-15-10/h4-7H,2-3H2,1H3,(H,15,18)(H,13,16,17). The van der Waals surface area contributed by atoms with Crippen LogP contribution in [-0.4, -0.2) is 34.9 Å². The van der Waals surface area contributed by atoms with Gasteiger partial charge >= 0.3 is 0 Å². The van der Waals surface area contributed by atoms with Gasteiger partial charge in [-0.1, -0.05) is 6.92 Å². The quantitative estimate of drug-likeness (QED) is 0.792. The fourth-order valence-electron chi connectivity index (χ4n) is 1.34. The fourth-order valence-corrected chi connectivity index (χ4v) is 2.43. The van der Waals surface area contributed by atoms with Gasteiger partial charge in [-0.25, -0.2) is 28.4 Å². The molecule has 2 aromatic rings. The van der Waals surface area contributed by atoms with Crippen LogP contribution in [0.25, 0.3) is 0 Å². The molecule has 0 aliphatic heterocycles. The lowest BCUT2D eigenvalue weighted by atomic mass is 10.5. The number of sulfonamides is 1. The van der Waals surface area contributed by atoms with Gasteiger partial charge in [-0.3, -0.25) is 4.72 Å². The number of anilines is 2. The Bertz CT molecular complexity index is 690. The van der Waals surface area contributed by atoms with E-state index in [-0.39, 0.29) is 10.7 Å². The second kappa shape index (κ2) is 6.76. The van der Waals surface area contributed by atoms with Crippen molar-refractivity contribution in [3.05, 3.63) is 29.4 Å². The molecule has 0 fully saturated rings. The first-order chi connectivity index (χ1) is 10.0. The lowest BCUT2D eigenvalue weighted by molar-refractivity contribution is 0.600. The third-order valence-corrected chi connectivity index (χ3v) is 4.05. The van der Waals surface area contributed by atoms with Gasteiger partial charge in [-0.05, 0) is 22.4 Å². The molecule has 0 radical (unpaired) electrons. The van der Waals surface area contributed by atoms with Gasteiger partial charge in [0.25, 0.3) is 10.0 Å². The lowest BCUT2D eigenvalue weighted by Gasteiger charge is -2.07. The highest BCUT2D eigenvalue weighted by atomic mass is 79.9. The molecule has 0 saturated carbocycles. The molecule has 0 atom stereocenters. The zero-order valence-electron chi connectivity index (χ0n) is 11.1. The van der Waals surface area contributed by atoms with Crippen molar-refractivity contribution in [1.82, 2.24) is 19.9 Å². The normalized spacial score (nSPS) is 11.1. The van der Waals surface area contributed by atoms with E-state index >= 15 is 0 Å². The molecule has 0 amide bonds. The Morgan fingerprint density at radius 2 is 1.81 bits per heavy atom. The highest BCUT2D eigenvalue weighted by Crippen LogP contribution is 2.13. The van der Waals surface area contributed by atoms with Crippen LogP contribution in [0.1, 0.15) is 13.3 Å². The van der Waals surface area contributed by atoms with E-state index in [4.69, 9.17) is 0 Å². The molecule has 2 N–H and O–H groups in total. The summed E-state index contributed by atoms with van der Waals surface area (Å²) in [6, 6.07) is 0. The van der Waals surface area contributed by atoms with E-state index in [9.17, 15) is 8.42 Å². The molecule has 21 heavy (non-hydrogen) atoms. The zero-order valence-corrected chi connectivity index (χ0v) is 13.5. The van der Waals surface area contributed by atoms with E-state index in [2.05, 4.69) is 45.9 Å². The van der Waals surface area contributed by atoms with E-state index in [1.807, 2.05) is 6.92 Å². The fraction of sp³-hybridized carbons (Fsp3) is 0.273. The van der Waals surface area contributed by atoms with Crippen LogP contribution in [-0.2, 0) is 10.0 Å². The van der Waals surface area contributed by atoms with Crippen LogP contribution in [0.4, 0.5) is 11.8 Å². The summed E-state index contributed by atoms with van der Waals surface area (Å²) in [6.45, 7) is 2.73. The molecule has 2 aromatic heterocycles. The number of nitrogens with zero attached hydrogens (tertiary/aromatic N) is 4. The molecule has 112 valence electrons. The smallest absolute Gasteiger partial charge is 0.266 e. The van der Waals surface area contributed by atoms with Gasteiger partial charge < -0.3 is 5.32 Å². The number of hydrogen-bond acceptors (Lipinski definition) is 7. The molecule has 0 unspecified atom stereocenters. The predicted molar refractivity (Wildman–Crippen MR) is 81.4 cm³/mol. The summed E-state index contributed by atoms with van der Waals surface area (Å²) in [4.78, 5) is 15.6. The molecule has 10 heteroatoms. The van der Waals surface area contributed by atoms with Crippen LogP contribution in [0.3, 0.4) is 0 Å². The van der Waals surface area contributed by atoms with Crippen molar-refractivity contribution >= 4 is 37.7 Å². The van der Waals surface area contributed by atoms with Crippen molar-refractivity contribution in [3.63, 3.8) is 0 Å². The molecule has 0 aliphatic rings. The van der Waals surface area contributed by atoms with Crippen LogP contribution in [0, 0.1) is 0 Å². The van der Waals surface area contributed by atoms with Crippen LogP contribution in [0.5, 0.6) is 0 Å². The first-order valence-corrected chi connectivity index (χ1v) is 8.35. The number of aromatic nitrogens is 4. The van der Waals surface area contributed by atoms with Crippen molar-refractivity contribution in [2.24, 2.45) is 0 Å². The maximum Gasteiger partial charge on any atom is 0.266 e. The van der Waals surface area contributed by atoms with Crippen molar-refractivity contribution in [3.8, 4) is 0 Å². The van der Waals surface area contributed by atoms with Gasteiger partial charge in [0, 0.05) is 6.54 Å². The number of halogens is 1. The van der Waals surface area contributed by atoms with Gasteiger partial charge in [0.2, 0.25) is 5.95 Å². The number of hydrogen-bond donors (Lipinski definition) is 2. The van der Waals surface area contributed by atoms with Crippen LogP contribution in [0.15, 0.2) is 34.3 Å². The Kier molecular flexibility index (Phi) is 5.02. The van der Waals surface area contributed by atoms with Crippen LogP contribution < -0.4 is 10.0 Å². The Hall–Kier alpha value is -1.81. The van der Waals surface area contributed by atoms with E-state index in [1.165, 1.54) is 24.8 Å². The average molecular weight is 373 g/mol. The third-order valence-electron chi connectivity index (χ3n) is 2.33. The molecule has 0 spiro atoms. The minimum atomic E-state index is -3.78. The molecule has 2 rings (SSSR count). The molecular formula is C11H13BrN6O2S. The molecule has 0 aromatic carbocycles. The van der Waals surface area contributed by atoms with Crippen LogP contribution in [0.2, 0.25) is 0 Å². The second-order valence-electron chi connectivity index (χ2n) is 4.00. The van der Waals surface area contributed by atoms with E-state index in [0.29, 0.717) is 10.6 Å². The molecule has 0 bridgehead atoms. The summed E-state index contributed by atoms with van der Waals surface area (Å²) >= 11 is 3.12. The van der Waals surface area contributed by atoms with Gasteiger partial charge in [0.15, 0.2) is 5.82 Å². The largest absolute Gasteiger partial charge is 0.354 e. The lowest BCUT2D eigenvalue weighted by Crippen LogP contribution is -2.15. The number of nitrogens with one attached hydrogen (secondary N) is 2. The highest BCUT2D eigenvalue weighted by Gasteiger charge is 2.16. The van der Waals surface area contributed by atoms with Crippen molar-refractivity contribution in [1.29, 1.82) is 0 Å². The third kappa shape index (κ3) is 4.33. The molecule has 2 heterocycles.